The molecule has 0 bridgehead atoms. The Morgan fingerprint density at radius 1 is 1.03 bits per heavy atom. The molecule has 148 valence electrons. The van der Waals surface area contributed by atoms with Gasteiger partial charge in [-0.15, -0.1) is 0 Å². The number of alkyl halides is 3. The number of aryl methyl sites for hydroxylation is 1. The molecule has 0 aliphatic heterocycles. The summed E-state index contributed by atoms with van der Waals surface area (Å²) in [7, 11) is 0. The summed E-state index contributed by atoms with van der Waals surface area (Å²) < 4.78 is 38.4. The molecule has 1 amide bonds. The van der Waals surface area contributed by atoms with Crippen LogP contribution in [0.25, 0.3) is 11.1 Å². The van der Waals surface area contributed by atoms with Gasteiger partial charge in [0.05, 0.1) is 16.1 Å². The zero-order valence-corrected chi connectivity index (χ0v) is 15.9. The number of amides is 1. The van der Waals surface area contributed by atoms with Crippen molar-refractivity contribution in [1.82, 2.24) is 4.98 Å². The Labute approximate surface area is 168 Å². The maximum Gasteiger partial charge on any atom is 0.416 e. The SMILES string of the molecule is O=C(Nc1nc2c(s1)C(=O)CCC2)c1ccccc1-c1ccc(C(F)(F)F)cc1. The Balaban J connectivity index is 1.61. The Bertz CT molecular complexity index is 1090. The molecule has 4 rings (SSSR count). The van der Waals surface area contributed by atoms with Crippen molar-refractivity contribution >= 4 is 28.2 Å². The fraction of sp³-hybridized carbons (Fsp3) is 0.190. The summed E-state index contributed by atoms with van der Waals surface area (Å²) in [4.78, 5) is 29.7. The van der Waals surface area contributed by atoms with Crippen LogP contribution in [0.15, 0.2) is 48.5 Å². The van der Waals surface area contributed by atoms with Crippen molar-refractivity contribution in [3.8, 4) is 11.1 Å². The minimum Gasteiger partial charge on any atom is -0.298 e. The molecule has 0 saturated carbocycles. The van der Waals surface area contributed by atoms with Crippen LogP contribution in [0.4, 0.5) is 18.3 Å². The third-order valence-corrected chi connectivity index (χ3v) is 5.74. The number of hydrogen-bond donors (Lipinski definition) is 1. The van der Waals surface area contributed by atoms with Crippen LogP contribution in [0.5, 0.6) is 0 Å². The number of Topliss-reactive ketones (excluding diaryl/α,β-unsaturated/α-hetero) is 1. The van der Waals surface area contributed by atoms with Gasteiger partial charge in [0.2, 0.25) is 0 Å². The van der Waals surface area contributed by atoms with Crippen molar-refractivity contribution < 1.29 is 22.8 Å². The largest absolute Gasteiger partial charge is 0.416 e. The quantitative estimate of drug-likeness (QED) is 0.605. The maximum atomic E-state index is 12.8. The summed E-state index contributed by atoms with van der Waals surface area (Å²) in [5, 5.41) is 3.06. The smallest absolute Gasteiger partial charge is 0.298 e. The lowest BCUT2D eigenvalue weighted by Gasteiger charge is -2.11. The highest BCUT2D eigenvalue weighted by Crippen LogP contribution is 2.33. The molecule has 1 heterocycles. The zero-order chi connectivity index (χ0) is 20.6. The van der Waals surface area contributed by atoms with Gasteiger partial charge in [-0.2, -0.15) is 13.2 Å². The van der Waals surface area contributed by atoms with E-state index in [1.165, 1.54) is 12.1 Å². The molecular weight excluding hydrogens is 401 g/mol. The Morgan fingerprint density at radius 3 is 2.45 bits per heavy atom. The summed E-state index contributed by atoms with van der Waals surface area (Å²) >= 11 is 1.16. The van der Waals surface area contributed by atoms with Gasteiger partial charge in [-0.1, -0.05) is 41.7 Å². The fourth-order valence-electron chi connectivity index (χ4n) is 3.26. The molecule has 1 aliphatic rings. The molecule has 2 aromatic carbocycles. The van der Waals surface area contributed by atoms with Gasteiger partial charge in [0.15, 0.2) is 10.9 Å². The second kappa shape index (κ2) is 7.44. The minimum absolute atomic E-state index is 0.0365. The molecule has 0 saturated heterocycles. The Morgan fingerprint density at radius 2 is 1.76 bits per heavy atom. The molecular formula is C21H15F3N2O2S. The number of benzene rings is 2. The van der Waals surface area contributed by atoms with Crippen molar-refractivity contribution in [2.75, 3.05) is 5.32 Å². The van der Waals surface area contributed by atoms with Crippen LogP contribution in [0.2, 0.25) is 0 Å². The molecule has 8 heteroatoms. The molecule has 1 aromatic heterocycles. The number of fused-ring (bicyclic) bond motifs is 1. The Hall–Kier alpha value is -3.00. The molecule has 29 heavy (non-hydrogen) atoms. The molecule has 4 nitrogen and oxygen atoms in total. The van der Waals surface area contributed by atoms with Crippen LogP contribution in [0.3, 0.4) is 0 Å². The van der Waals surface area contributed by atoms with Crippen molar-refractivity contribution in [3.05, 3.63) is 70.2 Å². The lowest BCUT2D eigenvalue weighted by molar-refractivity contribution is -0.137. The van der Waals surface area contributed by atoms with E-state index in [1.807, 2.05) is 0 Å². The maximum absolute atomic E-state index is 12.8. The minimum atomic E-state index is -4.42. The van der Waals surface area contributed by atoms with Gasteiger partial charge in [0.25, 0.3) is 5.91 Å². The molecule has 0 fully saturated rings. The number of carbonyl (C=O) groups is 2. The lowest BCUT2D eigenvalue weighted by atomic mass is 9.98. The fourth-order valence-corrected chi connectivity index (χ4v) is 4.23. The summed E-state index contributed by atoms with van der Waals surface area (Å²) in [6.45, 7) is 0. The van der Waals surface area contributed by atoms with Gasteiger partial charge in [0.1, 0.15) is 0 Å². The molecule has 0 atom stereocenters. The van der Waals surface area contributed by atoms with E-state index in [4.69, 9.17) is 0 Å². The first-order chi connectivity index (χ1) is 13.8. The van der Waals surface area contributed by atoms with E-state index in [1.54, 1.807) is 24.3 Å². The third-order valence-electron chi connectivity index (χ3n) is 4.68. The van der Waals surface area contributed by atoms with Gasteiger partial charge in [-0.25, -0.2) is 4.98 Å². The number of nitrogens with zero attached hydrogens (tertiary/aromatic N) is 1. The van der Waals surface area contributed by atoms with E-state index in [-0.39, 0.29) is 5.78 Å². The van der Waals surface area contributed by atoms with Crippen LogP contribution < -0.4 is 5.32 Å². The Kier molecular flexibility index (Phi) is 4.96. The van der Waals surface area contributed by atoms with Gasteiger partial charge in [-0.3, -0.25) is 14.9 Å². The van der Waals surface area contributed by atoms with Crippen LogP contribution >= 0.6 is 11.3 Å². The predicted molar refractivity (Wildman–Crippen MR) is 104 cm³/mol. The van der Waals surface area contributed by atoms with Crippen molar-refractivity contribution in [3.63, 3.8) is 0 Å². The van der Waals surface area contributed by atoms with E-state index in [0.29, 0.717) is 45.2 Å². The average Bonchev–Trinajstić information content (AvgIpc) is 3.11. The van der Waals surface area contributed by atoms with Gasteiger partial charge < -0.3 is 0 Å². The second-order valence-electron chi connectivity index (χ2n) is 6.65. The molecule has 1 N–H and O–H groups in total. The number of thiazole rings is 1. The van der Waals surface area contributed by atoms with Crippen molar-refractivity contribution in [2.24, 2.45) is 0 Å². The van der Waals surface area contributed by atoms with Crippen molar-refractivity contribution in [1.29, 1.82) is 0 Å². The van der Waals surface area contributed by atoms with E-state index in [2.05, 4.69) is 10.3 Å². The average molecular weight is 416 g/mol. The molecule has 0 spiro atoms. The number of anilines is 1. The number of hydrogen-bond acceptors (Lipinski definition) is 4. The standard InChI is InChI=1S/C21H15F3N2O2S/c22-21(23,24)13-10-8-12(9-11-13)14-4-1-2-5-15(14)19(28)26-20-25-16-6-3-7-17(27)18(16)29-20/h1-2,4-5,8-11H,3,6-7H2,(H,25,26,28). The van der Waals surface area contributed by atoms with E-state index >= 15 is 0 Å². The highest BCUT2D eigenvalue weighted by molar-refractivity contribution is 7.17. The molecule has 0 unspecified atom stereocenters. The van der Waals surface area contributed by atoms with Crippen molar-refractivity contribution in [2.45, 2.75) is 25.4 Å². The highest BCUT2D eigenvalue weighted by atomic mass is 32.1. The number of aromatic nitrogens is 1. The summed E-state index contributed by atoms with van der Waals surface area (Å²) in [6.07, 6.45) is -2.48. The van der Waals surface area contributed by atoms with Gasteiger partial charge in [-0.05, 0) is 42.2 Å². The number of halogens is 3. The number of ketones is 1. The first-order valence-electron chi connectivity index (χ1n) is 8.94. The van der Waals surface area contributed by atoms with Crippen LogP contribution in [-0.4, -0.2) is 16.7 Å². The van der Waals surface area contributed by atoms with Crippen LogP contribution in [0.1, 0.15) is 44.1 Å². The number of rotatable bonds is 3. The van der Waals surface area contributed by atoms with E-state index in [0.717, 1.165) is 29.9 Å². The zero-order valence-electron chi connectivity index (χ0n) is 15.0. The highest BCUT2D eigenvalue weighted by Gasteiger charge is 2.30. The topological polar surface area (TPSA) is 59.1 Å². The summed E-state index contributed by atoms with van der Waals surface area (Å²) in [5.74, 6) is -0.395. The van der Waals surface area contributed by atoms with Gasteiger partial charge in [0, 0.05) is 12.0 Å². The summed E-state index contributed by atoms with van der Waals surface area (Å²) in [6, 6.07) is 11.3. The van der Waals surface area contributed by atoms with E-state index in [9.17, 15) is 22.8 Å². The number of carbonyl (C=O) groups excluding carboxylic acids is 2. The first kappa shape index (κ1) is 19.3. The second-order valence-corrected chi connectivity index (χ2v) is 7.65. The molecule has 3 aromatic rings. The summed E-state index contributed by atoms with van der Waals surface area (Å²) in [5.41, 5.74) is 1.28. The van der Waals surface area contributed by atoms with Gasteiger partial charge >= 0.3 is 6.18 Å². The third kappa shape index (κ3) is 3.93. The number of nitrogens with one attached hydrogen (secondary N) is 1. The first-order valence-corrected chi connectivity index (χ1v) is 9.75. The lowest BCUT2D eigenvalue weighted by Crippen LogP contribution is -2.13. The monoisotopic (exact) mass is 416 g/mol. The van der Waals surface area contributed by atoms with Crippen LogP contribution in [0, 0.1) is 0 Å². The van der Waals surface area contributed by atoms with Crippen LogP contribution in [-0.2, 0) is 12.6 Å². The predicted octanol–water partition coefficient (Wildman–Crippen LogP) is 5.60. The normalized spacial score (nSPS) is 13.8. The van der Waals surface area contributed by atoms with E-state index < -0.39 is 17.6 Å². The molecule has 1 aliphatic carbocycles. The molecule has 0 radical (unpaired) electrons.